The number of pyridine rings is 1. The Balaban J connectivity index is 1.63. The zero-order chi connectivity index (χ0) is 20.9. The van der Waals surface area contributed by atoms with Gasteiger partial charge in [0.15, 0.2) is 16.8 Å². The molecule has 0 saturated carbocycles. The van der Waals surface area contributed by atoms with Crippen LogP contribution in [0.3, 0.4) is 0 Å². The summed E-state index contributed by atoms with van der Waals surface area (Å²) in [5.41, 5.74) is 3.60. The molecule has 0 atom stereocenters. The van der Waals surface area contributed by atoms with Crippen LogP contribution in [0.4, 0.5) is 0 Å². The number of hydrogen-bond acceptors (Lipinski definition) is 6. The summed E-state index contributed by atoms with van der Waals surface area (Å²) in [5, 5.41) is 9.40. The predicted molar refractivity (Wildman–Crippen MR) is 117 cm³/mol. The van der Waals surface area contributed by atoms with Crippen LogP contribution in [-0.4, -0.2) is 38.4 Å². The lowest BCUT2D eigenvalue weighted by molar-refractivity contribution is 0.102. The Kier molecular flexibility index (Phi) is 5.90. The summed E-state index contributed by atoms with van der Waals surface area (Å²) >= 11 is 1.36. The van der Waals surface area contributed by atoms with E-state index >= 15 is 0 Å². The minimum atomic E-state index is 0.0176. The quantitative estimate of drug-likeness (QED) is 0.323. The number of benzene rings is 2. The highest BCUT2D eigenvalue weighted by atomic mass is 32.2. The second-order valence-corrected chi connectivity index (χ2v) is 7.60. The van der Waals surface area contributed by atoms with Crippen molar-refractivity contribution in [3.8, 4) is 22.8 Å². The van der Waals surface area contributed by atoms with E-state index in [-0.39, 0.29) is 11.5 Å². The van der Waals surface area contributed by atoms with Crippen molar-refractivity contribution in [1.29, 1.82) is 0 Å². The summed E-state index contributed by atoms with van der Waals surface area (Å²) < 4.78 is 7.11. The highest BCUT2D eigenvalue weighted by Crippen LogP contribution is 2.28. The maximum atomic E-state index is 12.7. The van der Waals surface area contributed by atoms with Crippen molar-refractivity contribution < 1.29 is 9.53 Å². The second-order valence-electron chi connectivity index (χ2n) is 6.66. The first kappa shape index (κ1) is 19.8. The van der Waals surface area contributed by atoms with Crippen molar-refractivity contribution in [3.05, 3.63) is 84.2 Å². The third kappa shape index (κ3) is 4.26. The fraction of sp³-hybridized carbons (Fsp3) is 0.130. The maximum Gasteiger partial charge on any atom is 0.196 e. The monoisotopic (exact) mass is 416 g/mol. The van der Waals surface area contributed by atoms with Gasteiger partial charge >= 0.3 is 0 Å². The number of Topliss-reactive ketones (excluding diaryl/α,β-unsaturated/α-hetero) is 1. The molecule has 0 unspecified atom stereocenters. The molecular formula is C23H20N4O2S. The van der Waals surface area contributed by atoms with Crippen LogP contribution >= 0.6 is 11.8 Å². The van der Waals surface area contributed by atoms with Crippen LogP contribution in [-0.2, 0) is 0 Å². The topological polar surface area (TPSA) is 69.9 Å². The molecule has 0 amide bonds. The zero-order valence-electron chi connectivity index (χ0n) is 16.6. The van der Waals surface area contributed by atoms with Crippen molar-refractivity contribution in [2.45, 2.75) is 12.1 Å². The average Bonchev–Trinajstić information content (AvgIpc) is 3.22. The number of thioether (sulfide) groups is 1. The Labute approximate surface area is 179 Å². The van der Waals surface area contributed by atoms with Gasteiger partial charge in [-0.3, -0.25) is 14.3 Å². The van der Waals surface area contributed by atoms with Crippen molar-refractivity contribution in [2.75, 3.05) is 12.9 Å². The summed E-state index contributed by atoms with van der Waals surface area (Å²) in [4.78, 5) is 16.9. The minimum absolute atomic E-state index is 0.0176. The number of nitrogens with zero attached hydrogens (tertiary/aromatic N) is 4. The van der Waals surface area contributed by atoms with E-state index in [4.69, 9.17) is 4.74 Å². The molecule has 2 aromatic heterocycles. The molecule has 0 radical (unpaired) electrons. The molecule has 4 aromatic rings. The highest BCUT2D eigenvalue weighted by Gasteiger charge is 2.18. The fourth-order valence-corrected chi connectivity index (χ4v) is 3.81. The van der Waals surface area contributed by atoms with Crippen LogP contribution in [0.25, 0.3) is 17.1 Å². The smallest absolute Gasteiger partial charge is 0.196 e. The molecule has 0 N–H and O–H groups in total. The molecule has 0 spiro atoms. The van der Waals surface area contributed by atoms with Crippen molar-refractivity contribution in [3.63, 3.8) is 0 Å². The Bertz CT molecular complexity index is 1140. The highest BCUT2D eigenvalue weighted by molar-refractivity contribution is 7.99. The van der Waals surface area contributed by atoms with Gasteiger partial charge in [0.25, 0.3) is 0 Å². The molecule has 0 bridgehead atoms. The first-order chi connectivity index (χ1) is 14.7. The van der Waals surface area contributed by atoms with Gasteiger partial charge in [-0.15, -0.1) is 10.2 Å². The van der Waals surface area contributed by atoms with Crippen molar-refractivity contribution in [1.82, 2.24) is 19.7 Å². The third-order valence-electron chi connectivity index (χ3n) is 4.59. The van der Waals surface area contributed by atoms with Crippen LogP contribution in [0.1, 0.15) is 15.9 Å². The number of aryl methyl sites for hydroxylation is 1. The van der Waals surface area contributed by atoms with Gasteiger partial charge in [-0.2, -0.15) is 0 Å². The first-order valence-electron chi connectivity index (χ1n) is 9.38. The molecule has 0 fully saturated rings. The Morgan fingerprint density at radius 2 is 1.80 bits per heavy atom. The van der Waals surface area contributed by atoms with E-state index in [2.05, 4.69) is 15.2 Å². The van der Waals surface area contributed by atoms with Gasteiger partial charge < -0.3 is 4.74 Å². The predicted octanol–water partition coefficient (Wildman–Crippen LogP) is 4.62. The van der Waals surface area contributed by atoms with Gasteiger partial charge in [0.1, 0.15) is 5.75 Å². The molecule has 150 valence electrons. The number of aromatic nitrogens is 4. The molecule has 2 aromatic carbocycles. The molecule has 2 heterocycles. The Morgan fingerprint density at radius 3 is 2.47 bits per heavy atom. The zero-order valence-corrected chi connectivity index (χ0v) is 17.5. The van der Waals surface area contributed by atoms with Crippen LogP contribution < -0.4 is 4.74 Å². The molecule has 0 aliphatic carbocycles. The van der Waals surface area contributed by atoms with Crippen LogP contribution in [0, 0.1) is 6.92 Å². The Morgan fingerprint density at radius 1 is 1.03 bits per heavy atom. The minimum Gasteiger partial charge on any atom is -0.497 e. The number of methoxy groups -OCH3 is 1. The first-order valence-corrected chi connectivity index (χ1v) is 10.4. The fourth-order valence-electron chi connectivity index (χ4n) is 2.96. The number of hydrogen-bond donors (Lipinski definition) is 0. The van der Waals surface area contributed by atoms with Crippen molar-refractivity contribution >= 4 is 17.5 Å². The molecule has 30 heavy (non-hydrogen) atoms. The molecule has 7 heteroatoms. The van der Waals surface area contributed by atoms with E-state index in [0.717, 1.165) is 17.0 Å². The number of rotatable bonds is 7. The molecule has 0 aliphatic rings. The van der Waals surface area contributed by atoms with E-state index in [1.807, 2.05) is 47.9 Å². The number of ether oxygens (including phenoxy) is 1. The van der Waals surface area contributed by atoms with Crippen LogP contribution in [0.5, 0.6) is 5.75 Å². The van der Waals surface area contributed by atoms with Gasteiger partial charge in [-0.05, 0) is 55.5 Å². The molecule has 4 rings (SSSR count). The largest absolute Gasteiger partial charge is 0.497 e. The van der Waals surface area contributed by atoms with Gasteiger partial charge in [-0.1, -0.05) is 29.5 Å². The van der Waals surface area contributed by atoms with E-state index < -0.39 is 0 Å². The lowest BCUT2D eigenvalue weighted by atomic mass is 10.1. The molecular weight excluding hydrogens is 396 g/mol. The normalized spacial score (nSPS) is 10.7. The number of carbonyl (C=O) groups excluding carboxylic acids is 1. The van der Waals surface area contributed by atoms with E-state index in [1.54, 1.807) is 43.8 Å². The van der Waals surface area contributed by atoms with E-state index in [1.165, 1.54) is 17.3 Å². The standard InChI is InChI=1S/C23H20N4O2S/c1-16-5-9-19(10-6-16)27-22(18-4-3-13-24-14-18)25-26-23(27)30-15-21(28)17-7-11-20(29-2)12-8-17/h3-14H,15H2,1-2H3. The molecule has 6 nitrogen and oxygen atoms in total. The third-order valence-corrected chi connectivity index (χ3v) is 5.52. The SMILES string of the molecule is COc1ccc(C(=O)CSc2nnc(-c3cccnc3)n2-c2ccc(C)cc2)cc1. The summed E-state index contributed by atoms with van der Waals surface area (Å²) in [5.74, 6) is 1.68. The average molecular weight is 417 g/mol. The second kappa shape index (κ2) is 8.92. The summed E-state index contributed by atoms with van der Waals surface area (Å²) in [7, 11) is 1.60. The molecule has 0 saturated heterocycles. The maximum absolute atomic E-state index is 12.7. The Hall–Kier alpha value is -3.45. The van der Waals surface area contributed by atoms with E-state index in [0.29, 0.717) is 16.5 Å². The van der Waals surface area contributed by atoms with Crippen LogP contribution in [0.15, 0.2) is 78.2 Å². The van der Waals surface area contributed by atoms with Gasteiger partial charge in [0.2, 0.25) is 0 Å². The van der Waals surface area contributed by atoms with Gasteiger partial charge in [0.05, 0.1) is 12.9 Å². The lowest BCUT2D eigenvalue weighted by Crippen LogP contribution is -2.05. The summed E-state index contributed by atoms with van der Waals surface area (Å²) in [6.07, 6.45) is 3.48. The number of carbonyl (C=O) groups is 1. The molecule has 0 aliphatic heterocycles. The number of ketones is 1. The summed E-state index contributed by atoms with van der Waals surface area (Å²) in [6.45, 7) is 2.04. The lowest BCUT2D eigenvalue weighted by Gasteiger charge is -2.10. The van der Waals surface area contributed by atoms with Gasteiger partial charge in [-0.25, -0.2) is 0 Å². The summed E-state index contributed by atoms with van der Waals surface area (Å²) in [6, 6.07) is 19.0. The van der Waals surface area contributed by atoms with Gasteiger partial charge in [0, 0.05) is 29.2 Å². The van der Waals surface area contributed by atoms with Crippen LogP contribution in [0.2, 0.25) is 0 Å². The van der Waals surface area contributed by atoms with Crippen molar-refractivity contribution in [2.24, 2.45) is 0 Å². The van der Waals surface area contributed by atoms with E-state index in [9.17, 15) is 4.79 Å².